The lowest BCUT2D eigenvalue weighted by Crippen LogP contribution is -2.20. The Morgan fingerprint density at radius 2 is 1.62 bits per heavy atom. The molecule has 0 amide bonds. The van der Waals surface area contributed by atoms with Gasteiger partial charge in [-0.25, -0.2) is 0 Å². The molecule has 0 aromatic heterocycles. The van der Waals surface area contributed by atoms with Crippen LogP contribution in [0.3, 0.4) is 0 Å². The van der Waals surface area contributed by atoms with E-state index in [1.54, 1.807) is 0 Å². The molecule has 0 saturated carbocycles. The molecule has 0 bridgehead atoms. The second-order valence-electron chi connectivity index (χ2n) is 5.24. The highest BCUT2D eigenvalue weighted by Crippen LogP contribution is 2.44. The molecule has 1 atom stereocenters. The molecule has 9 heteroatoms. The summed E-state index contributed by atoms with van der Waals surface area (Å²) in [6.07, 6.45) is -7.41. The first-order valence-corrected chi connectivity index (χ1v) is 7.14. The van der Waals surface area contributed by atoms with E-state index in [9.17, 15) is 26.3 Å². The van der Waals surface area contributed by atoms with Crippen molar-refractivity contribution in [2.24, 2.45) is 5.73 Å². The molecule has 0 spiro atoms. The van der Waals surface area contributed by atoms with Crippen LogP contribution in [-0.4, -0.2) is 7.11 Å². The summed E-state index contributed by atoms with van der Waals surface area (Å²) in [4.78, 5) is 0. The molecule has 1 aromatic rings. The Bertz CT molecular complexity index is 530. The van der Waals surface area contributed by atoms with Crippen LogP contribution < -0.4 is 10.5 Å². The summed E-state index contributed by atoms with van der Waals surface area (Å²) >= 11 is 0. The molecular formula is C15H20ClF6NO. The monoisotopic (exact) mass is 379 g/mol. The Morgan fingerprint density at radius 3 is 2.04 bits per heavy atom. The van der Waals surface area contributed by atoms with Crippen molar-refractivity contribution in [3.8, 4) is 5.75 Å². The fourth-order valence-electron chi connectivity index (χ4n) is 2.33. The Morgan fingerprint density at radius 1 is 1.04 bits per heavy atom. The first-order chi connectivity index (χ1) is 10.5. The third-order valence-corrected chi connectivity index (χ3v) is 3.48. The Hall–Kier alpha value is -1.15. The van der Waals surface area contributed by atoms with Gasteiger partial charge in [0.15, 0.2) is 0 Å². The van der Waals surface area contributed by atoms with Crippen molar-refractivity contribution in [1.29, 1.82) is 0 Å². The van der Waals surface area contributed by atoms with Gasteiger partial charge in [-0.3, -0.25) is 0 Å². The van der Waals surface area contributed by atoms with Gasteiger partial charge in [-0.05, 0) is 18.6 Å². The van der Waals surface area contributed by atoms with Crippen LogP contribution in [0.2, 0.25) is 0 Å². The predicted molar refractivity (Wildman–Crippen MR) is 81.3 cm³/mol. The summed E-state index contributed by atoms with van der Waals surface area (Å²) in [7, 11) is 1.03. The molecule has 2 nitrogen and oxygen atoms in total. The maximum atomic E-state index is 13.2. The van der Waals surface area contributed by atoms with Gasteiger partial charge in [-0.15, -0.1) is 12.4 Å². The number of unbranched alkanes of at least 4 members (excludes halogenated alkanes) is 2. The molecule has 0 saturated heterocycles. The molecule has 140 valence electrons. The minimum Gasteiger partial charge on any atom is -0.496 e. The van der Waals surface area contributed by atoms with Gasteiger partial charge in [-0.2, -0.15) is 26.3 Å². The maximum absolute atomic E-state index is 13.2. The van der Waals surface area contributed by atoms with Gasteiger partial charge in [0.2, 0.25) is 0 Å². The predicted octanol–water partition coefficient (Wildman–Crippen LogP) is 5.73. The Balaban J connectivity index is 0.00000529. The lowest BCUT2D eigenvalue weighted by Gasteiger charge is -2.23. The first-order valence-electron chi connectivity index (χ1n) is 7.14. The SMILES string of the molecule is CCCCC[C@@H](N)c1c(OC)cc(C(F)(F)F)cc1C(F)(F)F.Cl. The van der Waals surface area contributed by atoms with Gasteiger partial charge in [0, 0.05) is 11.6 Å². The van der Waals surface area contributed by atoms with Gasteiger partial charge in [-0.1, -0.05) is 26.2 Å². The summed E-state index contributed by atoms with van der Waals surface area (Å²) in [6, 6.07) is -0.391. The lowest BCUT2D eigenvalue weighted by atomic mass is 9.93. The zero-order chi connectivity index (χ0) is 17.8. The number of hydrogen-bond acceptors (Lipinski definition) is 2. The normalized spacial score (nSPS) is 13.4. The lowest BCUT2D eigenvalue weighted by molar-refractivity contribution is -0.143. The number of rotatable bonds is 6. The van der Waals surface area contributed by atoms with Crippen molar-refractivity contribution in [2.75, 3.05) is 7.11 Å². The van der Waals surface area contributed by atoms with E-state index in [-0.39, 0.29) is 24.9 Å². The van der Waals surface area contributed by atoms with Crippen molar-refractivity contribution in [3.63, 3.8) is 0 Å². The van der Waals surface area contributed by atoms with Crippen LogP contribution in [0.15, 0.2) is 12.1 Å². The van der Waals surface area contributed by atoms with E-state index in [4.69, 9.17) is 10.5 Å². The summed E-state index contributed by atoms with van der Waals surface area (Å²) in [5.74, 6) is -0.490. The Labute approximate surface area is 142 Å². The molecule has 0 unspecified atom stereocenters. The first kappa shape index (κ1) is 22.9. The van der Waals surface area contributed by atoms with Gasteiger partial charge < -0.3 is 10.5 Å². The number of benzene rings is 1. The van der Waals surface area contributed by atoms with E-state index >= 15 is 0 Å². The number of alkyl halides is 6. The van der Waals surface area contributed by atoms with Crippen LogP contribution in [0.4, 0.5) is 26.3 Å². The summed E-state index contributed by atoms with van der Waals surface area (Å²) in [6.45, 7) is 1.92. The number of halogens is 7. The van der Waals surface area contributed by atoms with Crippen LogP contribution in [0.25, 0.3) is 0 Å². The molecule has 1 rings (SSSR count). The van der Waals surface area contributed by atoms with Gasteiger partial charge in [0.1, 0.15) is 5.75 Å². The van der Waals surface area contributed by atoms with Crippen LogP contribution >= 0.6 is 12.4 Å². The van der Waals surface area contributed by atoms with Gasteiger partial charge in [0.25, 0.3) is 0 Å². The second kappa shape index (κ2) is 8.80. The average Bonchev–Trinajstić information content (AvgIpc) is 2.44. The highest BCUT2D eigenvalue weighted by molar-refractivity contribution is 5.85. The topological polar surface area (TPSA) is 35.2 Å². The standard InChI is InChI=1S/C15H19F6NO.ClH/c1-3-4-5-6-11(22)13-10(15(19,20)21)7-9(14(16,17)18)8-12(13)23-2;/h7-8,11H,3-6,22H2,1-2H3;1H/t11-;/m1./s1. The largest absolute Gasteiger partial charge is 0.496 e. The van der Waals surface area contributed by atoms with E-state index in [1.807, 2.05) is 6.92 Å². The molecule has 0 radical (unpaired) electrons. The van der Waals surface area contributed by atoms with E-state index in [1.165, 1.54) is 0 Å². The van der Waals surface area contributed by atoms with Crippen LogP contribution in [0, 0.1) is 0 Å². The van der Waals surface area contributed by atoms with Crippen LogP contribution in [-0.2, 0) is 12.4 Å². The summed E-state index contributed by atoms with van der Waals surface area (Å²) in [5.41, 5.74) is 2.57. The number of nitrogens with two attached hydrogens (primary N) is 1. The number of ether oxygens (including phenoxy) is 1. The fraction of sp³-hybridized carbons (Fsp3) is 0.600. The van der Waals surface area contributed by atoms with Gasteiger partial charge in [0.05, 0.1) is 18.2 Å². The van der Waals surface area contributed by atoms with E-state index in [2.05, 4.69) is 0 Å². The second-order valence-corrected chi connectivity index (χ2v) is 5.24. The fourth-order valence-corrected chi connectivity index (χ4v) is 2.33. The van der Waals surface area contributed by atoms with Crippen molar-refractivity contribution >= 4 is 12.4 Å². The van der Waals surface area contributed by atoms with Crippen molar-refractivity contribution in [3.05, 3.63) is 28.8 Å². The molecule has 24 heavy (non-hydrogen) atoms. The molecule has 0 aliphatic rings. The smallest absolute Gasteiger partial charge is 0.416 e. The summed E-state index contributed by atoms with van der Waals surface area (Å²) in [5, 5.41) is 0. The third kappa shape index (κ3) is 5.73. The number of methoxy groups -OCH3 is 1. The van der Waals surface area contributed by atoms with E-state index < -0.39 is 40.8 Å². The summed E-state index contributed by atoms with van der Waals surface area (Å²) < 4.78 is 82.8. The van der Waals surface area contributed by atoms with Crippen LogP contribution in [0.5, 0.6) is 5.75 Å². The molecule has 0 heterocycles. The zero-order valence-corrected chi connectivity index (χ0v) is 14.0. The molecule has 0 aliphatic carbocycles. The average molecular weight is 380 g/mol. The van der Waals surface area contributed by atoms with E-state index in [0.717, 1.165) is 20.0 Å². The van der Waals surface area contributed by atoms with Crippen LogP contribution in [0.1, 0.15) is 55.3 Å². The van der Waals surface area contributed by atoms with Crippen molar-refractivity contribution < 1.29 is 31.1 Å². The van der Waals surface area contributed by atoms with Gasteiger partial charge >= 0.3 is 12.4 Å². The highest BCUT2D eigenvalue weighted by atomic mass is 35.5. The highest BCUT2D eigenvalue weighted by Gasteiger charge is 2.40. The van der Waals surface area contributed by atoms with E-state index in [0.29, 0.717) is 12.5 Å². The number of hydrogen-bond donors (Lipinski definition) is 1. The molecule has 0 fully saturated rings. The maximum Gasteiger partial charge on any atom is 0.416 e. The van der Waals surface area contributed by atoms with Crippen molar-refractivity contribution in [2.45, 2.75) is 51.0 Å². The minimum absolute atomic E-state index is 0. The molecule has 2 N–H and O–H groups in total. The zero-order valence-electron chi connectivity index (χ0n) is 13.2. The molecular weight excluding hydrogens is 360 g/mol. The molecule has 0 aliphatic heterocycles. The Kier molecular flexibility index (Phi) is 8.38. The minimum atomic E-state index is -4.95. The van der Waals surface area contributed by atoms with Crippen molar-refractivity contribution in [1.82, 2.24) is 0 Å². The quantitative estimate of drug-likeness (QED) is 0.505. The molecule has 1 aromatic carbocycles. The third-order valence-electron chi connectivity index (χ3n) is 3.48.